The number of benzene rings is 2. The average molecular weight is 381 g/mol. The van der Waals surface area contributed by atoms with E-state index in [0.717, 1.165) is 23.1 Å². The van der Waals surface area contributed by atoms with Crippen molar-refractivity contribution in [1.29, 1.82) is 0 Å². The van der Waals surface area contributed by atoms with Crippen molar-refractivity contribution in [2.75, 3.05) is 5.75 Å². The van der Waals surface area contributed by atoms with Crippen molar-refractivity contribution in [3.63, 3.8) is 0 Å². The molecular formula is C24H28O2S. The van der Waals surface area contributed by atoms with Crippen molar-refractivity contribution < 1.29 is 9.90 Å². The Morgan fingerprint density at radius 1 is 1.22 bits per heavy atom. The van der Waals surface area contributed by atoms with Gasteiger partial charge in [-0.05, 0) is 89.4 Å². The number of hydrogen-bond donors (Lipinski definition) is 1. The predicted molar refractivity (Wildman–Crippen MR) is 115 cm³/mol. The average Bonchev–Trinajstić information content (AvgIpc) is 2.62. The predicted octanol–water partition coefficient (Wildman–Crippen LogP) is 6.48. The number of fused-ring (bicyclic) bond motifs is 1. The molecule has 0 radical (unpaired) electrons. The van der Waals surface area contributed by atoms with E-state index < -0.39 is 5.97 Å². The zero-order valence-electron chi connectivity index (χ0n) is 16.8. The summed E-state index contributed by atoms with van der Waals surface area (Å²) in [6, 6.07) is 10.5. The van der Waals surface area contributed by atoms with Gasteiger partial charge in [-0.1, -0.05) is 39.0 Å². The van der Waals surface area contributed by atoms with E-state index in [-0.39, 0.29) is 5.41 Å². The Hall–Kier alpha value is -2.00. The Bertz CT molecular complexity index is 922. The van der Waals surface area contributed by atoms with E-state index in [1.807, 2.05) is 24.8 Å². The summed E-state index contributed by atoms with van der Waals surface area (Å²) in [6.07, 6.45) is 4.15. The molecule has 0 amide bonds. The van der Waals surface area contributed by atoms with Gasteiger partial charge in [0.15, 0.2) is 0 Å². The van der Waals surface area contributed by atoms with Gasteiger partial charge < -0.3 is 5.11 Å². The van der Waals surface area contributed by atoms with Crippen LogP contribution in [0.5, 0.6) is 0 Å². The lowest BCUT2D eigenvalue weighted by Crippen LogP contribution is -2.22. The molecule has 0 aromatic heterocycles. The van der Waals surface area contributed by atoms with E-state index in [9.17, 15) is 9.90 Å². The van der Waals surface area contributed by atoms with Gasteiger partial charge in [-0.15, -0.1) is 11.8 Å². The van der Waals surface area contributed by atoms with Crippen LogP contribution in [0.25, 0.3) is 5.57 Å². The van der Waals surface area contributed by atoms with Crippen LogP contribution in [-0.2, 0) is 11.8 Å². The molecule has 0 fully saturated rings. The maximum atomic E-state index is 11.5. The SMILES string of the molecule is CC=C(c1ccc2c(c1)C(C)(C)CCS2)c1ccc(C(=O)O)c(C)c1CC. The van der Waals surface area contributed by atoms with Crippen LogP contribution < -0.4 is 0 Å². The first-order valence-corrected chi connectivity index (χ1v) is 10.6. The molecule has 1 N–H and O–H groups in total. The number of rotatable bonds is 4. The molecule has 0 atom stereocenters. The Balaban J connectivity index is 2.15. The van der Waals surface area contributed by atoms with Crippen LogP contribution in [0.15, 0.2) is 41.3 Å². The number of carboxylic acids is 1. The van der Waals surface area contributed by atoms with Crippen molar-refractivity contribution in [2.24, 2.45) is 0 Å². The number of hydrogen-bond acceptors (Lipinski definition) is 2. The van der Waals surface area contributed by atoms with Gasteiger partial charge in [0.2, 0.25) is 0 Å². The molecule has 1 aliphatic rings. The van der Waals surface area contributed by atoms with Gasteiger partial charge in [0, 0.05) is 4.90 Å². The van der Waals surface area contributed by atoms with Gasteiger partial charge in [0.05, 0.1) is 5.56 Å². The zero-order chi connectivity index (χ0) is 19.8. The minimum absolute atomic E-state index is 0.187. The molecule has 0 saturated heterocycles. The molecule has 1 heterocycles. The first-order chi connectivity index (χ1) is 12.8. The maximum Gasteiger partial charge on any atom is 0.335 e. The fraction of sp³-hybridized carbons (Fsp3) is 0.375. The van der Waals surface area contributed by atoms with E-state index in [2.05, 4.69) is 52.0 Å². The summed E-state index contributed by atoms with van der Waals surface area (Å²) in [5.74, 6) is 0.314. The van der Waals surface area contributed by atoms with Crippen molar-refractivity contribution in [1.82, 2.24) is 0 Å². The maximum absolute atomic E-state index is 11.5. The third-order valence-electron chi connectivity index (χ3n) is 5.77. The normalized spacial score (nSPS) is 16.1. The summed E-state index contributed by atoms with van der Waals surface area (Å²) in [6.45, 7) is 10.7. The summed E-state index contributed by atoms with van der Waals surface area (Å²) >= 11 is 1.95. The Kier molecular flexibility index (Phi) is 5.53. The molecule has 0 aliphatic carbocycles. The van der Waals surface area contributed by atoms with Crippen LogP contribution in [0.3, 0.4) is 0 Å². The van der Waals surface area contributed by atoms with Crippen LogP contribution in [0.2, 0.25) is 0 Å². The Morgan fingerprint density at radius 3 is 2.56 bits per heavy atom. The fourth-order valence-electron chi connectivity index (χ4n) is 4.08. The summed E-state index contributed by atoms with van der Waals surface area (Å²) in [7, 11) is 0. The second kappa shape index (κ2) is 7.55. The van der Waals surface area contributed by atoms with E-state index in [0.29, 0.717) is 5.56 Å². The lowest BCUT2D eigenvalue weighted by Gasteiger charge is -2.32. The summed E-state index contributed by atoms with van der Waals surface area (Å²) in [4.78, 5) is 12.9. The lowest BCUT2D eigenvalue weighted by atomic mass is 9.79. The molecule has 2 aromatic rings. The van der Waals surface area contributed by atoms with Crippen LogP contribution in [0.4, 0.5) is 0 Å². The van der Waals surface area contributed by atoms with E-state index in [1.54, 1.807) is 6.07 Å². The molecular weight excluding hydrogens is 352 g/mol. The Morgan fingerprint density at radius 2 is 1.93 bits per heavy atom. The van der Waals surface area contributed by atoms with Crippen LogP contribution >= 0.6 is 11.8 Å². The minimum atomic E-state index is -0.858. The first-order valence-electron chi connectivity index (χ1n) is 9.60. The van der Waals surface area contributed by atoms with E-state index in [1.165, 1.54) is 33.8 Å². The molecule has 0 bridgehead atoms. The van der Waals surface area contributed by atoms with Crippen LogP contribution in [0, 0.1) is 6.92 Å². The van der Waals surface area contributed by atoms with E-state index in [4.69, 9.17) is 0 Å². The van der Waals surface area contributed by atoms with Gasteiger partial charge >= 0.3 is 5.97 Å². The molecule has 3 heteroatoms. The smallest absolute Gasteiger partial charge is 0.335 e. The van der Waals surface area contributed by atoms with Crippen LogP contribution in [0.1, 0.15) is 72.3 Å². The quantitative estimate of drug-likeness (QED) is 0.659. The number of carbonyl (C=O) groups is 1. The second-order valence-corrected chi connectivity index (χ2v) is 8.96. The van der Waals surface area contributed by atoms with Crippen molar-refractivity contribution in [3.05, 3.63) is 69.8 Å². The lowest BCUT2D eigenvalue weighted by molar-refractivity contribution is 0.0696. The molecule has 27 heavy (non-hydrogen) atoms. The van der Waals surface area contributed by atoms with Gasteiger partial charge in [-0.2, -0.15) is 0 Å². The largest absolute Gasteiger partial charge is 0.478 e. The molecule has 0 saturated carbocycles. The van der Waals surface area contributed by atoms with E-state index >= 15 is 0 Å². The first kappa shape index (κ1) is 19.8. The standard InChI is InChI=1S/C24H28O2S/c1-6-17-15(3)19(23(25)26)9-10-20(17)18(7-2)16-8-11-22-21(14-16)24(4,5)12-13-27-22/h7-11,14H,6,12-13H2,1-5H3,(H,25,26). The topological polar surface area (TPSA) is 37.3 Å². The van der Waals surface area contributed by atoms with Gasteiger partial charge in [0.1, 0.15) is 0 Å². The van der Waals surface area contributed by atoms with Gasteiger partial charge in [-0.3, -0.25) is 0 Å². The highest BCUT2D eigenvalue weighted by Gasteiger charge is 2.28. The third-order valence-corrected chi connectivity index (χ3v) is 6.84. The molecule has 0 spiro atoms. The molecule has 3 rings (SSSR count). The highest BCUT2D eigenvalue weighted by atomic mass is 32.2. The highest BCUT2D eigenvalue weighted by Crippen LogP contribution is 2.43. The molecule has 2 nitrogen and oxygen atoms in total. The summed E-state index contributed by atoms with van der Waals surface area (Å²) < 4.78 is 0. The molecule has 2 aromatic carbocycles. The van der Waals surface area contributed by atoms with Crippen molar-refractivity contribution >= 4 is 23.3 Å². The number of thioether (sulfide) groups is 1. The monoisotopic (exact) mass is 380 g/mol. The Labute approximate surface area is 166 Å². The van der Waals surface area contributed by atoms with Gasteiger partial charge in [-0.25, -0.2) is 4.79 Å². The minimum Gasteiger partial charge on any atom is -0.478 e. The van der Waals surface area contributed by atoms with Crippen LogP contribution in [-0.4, -0.2) is 16.8 Å². The third kappa shape index (κ3) is 3.58. The van der Waals surface area contributed by atoms with Crippen molar-refractivity contribution in [3.8, 4) is 0 Å². The highest BCUT2D eigenvalue weighted by molar-refractivity contribution is 7.99. The zero-order valence-corrected chi connectivity index (χ0v) is 17.7. The fourth-order valence-corrected chi connectivity index (χ4v) is 5.56. The molecule has 0 unspecified atom stereocenters. The molecule has 142 valence electrons. The number of carboxylic acid groups (broad SMARTS) is 1. The summed E-state index contributed by atoms with van der Waals surface area (Å²) in [5.41, 5.74) is 7.53. The summed E-state index contributed by atoms with van der Waals surface area (Å²) in [5, 5.41) is 9.46. The number of allylic oxidation sites excluding steroid dienone is 1. The van der Waals surface area contributed by atoms with Gasteiger partial charge in [0.25, 0.3) is 0 Å². The molecule has 1 aliphatic heterocycles. The second-order valence-electron chi connectivity index (χ2n) is 7.82. The number of aromatic carboxylic acids is 1. The van der Waals surface area contributed by atoms with Crippen molar-refractivity contribution in [2.45, 2.75) is 57.8 Å².